The van der Waals surface area contributed by atoms with Gasteiger partial charge >= 0.3 is 6.18 Å². The number of ether oxygens (including phenoxy) is 1. The van der Waals surface area contributed by atoms with Gasteiger partial charge in [-0.3, -0.25) is 9.69 Å². The molecule has 3 rings (SSSR count). The molecule has 0 unspecified atom stereocenters. The molecule has 138 valence electrons. The number of morpholine rings is 1. The lowest BCUT2D eigenvalue weighted by atomic mass is 10.2. The maximum atomic E-state index is 12.4. The molecule has 0 saturated carbocycles. The molecule has 0 aromatic carbocycles. The number of rotatable bonds is 5. The second-order valence-electron chi connectivity index (χ2n) is 5.90. The molecule has 0 radical (unpaired) electrons. The Bertz CT molecular complexity index is 750. The summed E-state index contributed by atoms with van der Waals surface area (Å²) in [6.45, 7) is 4.72. The fourth-order valence-electron chi connectivity index (χ4n) is 2.76. The lowest BCUT2D eigenvalue weighted by Gasteiger charge is -2.26. The number of alkyl halides is 3. The minimum Gasteiger partial charge on any atom is -0.379 e. The molecule has 2 N–H and O–H groups in total. The minimum atomic E-state index is -4.29. The highest BCUT2D eigenvalue weighted by Crippen LogP contribution is 2.29. The number of aromatic nitrogens is 2. The Kier molecular flexibility index (Phi) is 5.30. The third kappa shape index (κ3) is 4.50. The minimum absolute atomic E-state index is 0.294. The van der Waals surface area contributed by atoms with Gasteiger partial charge in [0.25, 0.3) is 5.91 Å². The van der Waals surface area contributed by atoms with E-state index in [1.807, 2.05) is 6.92 Å². The van der Waals surface area contributed by atoms with E-state index in [-0.39, 0.29) is 0 Å². The van der Waals surface area contributed by atoms with Crippen LogP contribution in [0.4, 0.5) is 13.2 Å². The van der Waals surface area contributed by atoms with E-state index < -0.39 is 25.0 Å². The van der Waals surface area contributed by atoms with E-state index in [4.69, 9.17) is 4.74 Å². The topological polar surface area (TPSA) is 70.2 Å². The Morgan fingerprint density at radius 2 is 2.12 bits per heavy atom. The van der Waals surface area contributed by atoms with Crippen LogP contribution in [0.15, 0.2) is 0 Å². The summed E-state index contributed by atoms with van der Waals surface area (Å²) in [4.78, 5) is 21.8. The lowest BCUT2D eigenvalue weighted by molar-refractivity contribution is -0.132. The second kappa shape index (κ2) is 7.30. The van der Waals surface area contributed by atoms with Crippen molar-refractivity contribution in [2.45, 2.75) is 26.1 Å². The molecule has 1 fully saturated rings. The van der Waals surface area contributed by atoms with Crippen LogP contribution in [0.2, 0.25) is 0 Å². The van der Waals surface area contributed by atoms with E-state index in [2.05, 4.69) is 20.2 Å². The van der Waals surface area contributed by atoms with E-state index in [9.17, 15) is 18.0 Å². The van der Waals surface area contributed by atoms with Gasteiger partial charge in [0.15, 0.2) is 0 Å². The molecule has 1 amide bonds. The van der Waals surface area contributed by atoms with Crippen LogP contribution in [0, 0.1) is 6.92 Å². The van der Waals surface area contributed by atoms with Gasteiger partial charge in [0.1, 0.15) is 11.3 Å². The molecule has 0 spiro atoms. The van der Waals surface area contributed by atoms with Crippen molar-refractivity contribution in [3.63, 3.8) is 0 Å². The van der Waals surface area contributed by atoms with Crippen LogP contribution < -0.4 is 5.32 Å². The molecular weight excluding hydrogens is 357 g/mol. The summed E-state index contributed by atoms with van der Waals surface area (Å²) in [5, 5.41) is 3.21. The van der Waals surface area contributed by atoms with Crippen molar-refractivity contribution < 1.29 is 22.7 Å². The number of halogens is 3. The first-order chi connectivity index (χ1) is 11.8. The fourth-order valence-corrected chi connectivity index (χ4v) is 3.67. The molecule has 10 heteroatoms. The first-order valence-corrected chi connectivity index (χ1v) is 8.78. The highest BCUT2D eigenvalue weighted by molar-refractivity contribution is 7.18. The third-order valence-corrected chi connectivity index (χ3v) is 4.99. The van der Waals surface area contributed by atoms with Crippen molar-refractivity contribution in [1.29, 1.82) is 0 Å². The van der Waals surface area contributed by atoms with Crippen LogP contribution in [0.1, 0.15) is 27.5 Å². The number of fused-ring (bicyclic) bond motifs is 1. The van der Waals surface area contributed by atoms with Crippen LogP contribution in [-0.2, 0) is 11.3 Å². The molecule has 2 aromatic rings. The van der Waals surface area contributed by atoms with Gasteiger partial charge in [-0.15, -0.1) is 11.3 Å². The number of nitrogens with one attached hydrogen (secondary N) is 2. The Morgan fingerprint density at radius 3 is 2.80 bits per heavy atom. The number of hydrogen-bond acceptors (Lipinski definition) is 5. The molecule has 3 heterocycles. The Balaban J connectivity index is 1.79. The maximum absolute atomic E-state index is 12.4. The van der Waals surface area contributed by atoms with Crippen molar-refractivity contribution in [2.75, 3.05) is 32.8 Å². The number of carbonyl (C=O) groups is 1. The molecule has 6 nitrogen and oxygen atoms in total. The lowest BCUT2D eigenvalue weighted by Crippen LogP contribution is -2.36. The molecule has 25 heavy (non-hydrogen) atoms. The number of nitrogens with zero attached hydrogens (tertiary/aromatic N) is 2. The van der Waals surface area contributed by atoms with Gasteiger partial charge in [-0.2, -0.15) is 13.2 Å². The summed E-state index contributed by atoms with van der Waals surface area (Å²) in [6.07, 6.45) is -5.34. The average Bonchev–Trinajstić information content (AvgIpc) is 3.04. The molecule has 1 aliphatic rings. The Labute approximate surface area is 146 Å². The Morgan fingerprint density at radius 1 is 1.40 bits per heavy atom. The number of thiazole rings is 1. The number of H-pyrrole nitrogens is 1. The molecule has 1 aliphatic heterocycles. The molecule has 0 atom stereocenters. The summed E-state index contributed by atoms with van der Waals surface area (Å²) in [7, 11) is 0. The highest BCUT2D eigenvalue weighted by Gasteiger charge is 2.28. The van der Waals surface area contributed by atoms with Crippen LogP contribution in [-0.4, -0.2) is 59.8 Å². The van der Waals surface area contributed by atoms with Crippen molar-refractivity contribution in [2.24, 2.45) is 0 Å². The zero-order chi connectivity index (χ0) is 18.0. The van der Waals surface area contributed by atoms with Crippen molar-refractivity contribution in [1.82, 2.24) is 20.2 Å². The third-order valence-electron chi connectivity index (χ3n) is 3.96. The van der Waals surface area contributed by atoms with E-state index in [1.54, 1.807) is 0 Å². The van der Waals surface area contributed by atoms with E-state index in [1.165, 1.54) is 11.3 Å². The highest BCUT2D eigenvalue weighted by atomic mass is 32.1. The van der Waals surface area contributed by atoms with Crippen LogP contribution in [0.25, 0.3) is 10.3 Å². The zero-order valence-electron chi connectivity index (χ0n) is 13.7. The largest absolute Gasteiger partial charge is 0.390 e. The van der Waals surface area contributed by atoms with Gasteiger partial charge in [-0.05, 0) is 6.92 Å². The summed E-state index contributed by atoms with van der Waals surface area (Å²) < 4.78 is 43.0. The van der Waals surface area contributed by atoms with Gasteiger partial charge < -0.3 is 15.0 Å². The summed E-state index contributed by atoms with van der Waals surface area (Å²) in [6, 6.07) is 0. The van der Waals surface area contributed by atoms with Gasteiger partial charge in [-0.1, -0.05) is 0 Å². The number of aryl methyl sites for hydroxylation is 1. The number of aromatic amines is 1. The molecule has 2 aromatic heterocycles. The van der Waals surface area contributed by atoms with Gasteiger partial charge in [0.2, 0.25) is 0 Å². The van der Waals surface area contributed by atoms with E-state index >= 15 is 0 Å². The van der Waals surface area contributed by atoms with Crippen molar-refractivity contribution >= 4 is 27.6 Å². The van der Waals surface area contributed by atoms with Gasteiger partial charge in [0.05, 0.1) is 29.3 Å². The number of carbonyl (C=O) groups excluding carboxylic acids is 1. The van der Waals surface area contributed by atoms with Crippen molar-refractivity contribution in [3.8, 4) is 0 Å². The Hall–Kier alpha value is -1.65. The predicted octanol–water partition coefficient (Wildman–Crippen LogP) is 2.45. The van der Waals surface area contributed by atoms with E-state index in [0.717, 1.165) is 28.4 Å². The first-order valence-electron chi connectivity index (χ1n) is 7.96. The monoisotopic (exact) mass is 376 g/mol. The van der Waals surface area contributed by atoms with Crippen LogP contribution in [0.5, 0.6) is 0 Å². The summed E-state index contributed by atoms with van der Waals surface area (Å²) in [5.74, 6) is -0.532. The smallest absolute Gasteiger partial charge is 0.379 e. The molecule has 0 aliphatic carbocycles. The van der Waals surface area contributed by atoms with E-state index in [0.29, 0.717) is 31.1 Å². The number of hydrogen-bond donors (Lipinski definition) is 2. The van der Waals surface area contributed by atoms with Crippen LogP contribution >= 0.6 is 11.3 Å². The summed E-state index contributed by atoms with van der Waals surface area (Å²) >= 11 is 1.47. The normalized spacial score (nSPS) is 16.5. The molecule has 1 saturated heterocycles. The predicted molar refractivity (Wildman–Crippen MR) is 87.8 cm³/mol. The molecular formula is C15H19F3N4O2S. The summed E-state index contributed by atoms with van der Waals surface area (Å²) in [5.41, 5.74) is 1.68. The van der Waals surface area contributed by atoms with Crippen LogP contribution in [0.3, 0.4) is 0 Å². The van der Waals surface area contributed by atoms with Gasteiger partial charge in [0, 0.05) is 31.7 Å². The quantitative estimate of drug-likeness (QED) is 0.841. The maximum Gasteiger partial charge on any atom is 0.390 e. The van der Waals surface area contributed by atoms with Crippen molar-refractivity contribution in [3.05, 3.63) is 16.3 Å². The van der Waals surface area contributed by atoms with Gasteiger partial charge in [-0.25, -0.2) is 4.98 Å². The standard InChI is InChI=1S/C15H19F3N4O2S/c1-9-20-13-12(25-9)10(8-22-4-6-24-7-5-22)11(21-13)14(23)19-3-2-15(16,17)18/h21H,2-8H2,1H3,(H,19,23). The SMILES string of the molecule is Cc1nc2[nH]c(C(=O)NCCC(F)(F)F)c(CN3CCOCC3)c2s1. The fraction of sp³-hybridized carbons (Fsp3) is 0.600. The zero-order valence-corrected chi connectivity index (χ0v) is 14.5. The molecule has 0 bridgehead atoms. The average molecular weight is 376 g/mol. The second-order valence-corrected chi connectivity index (χ2v) is 7.10. The number of amides is 1. The first kappa shape index (κ1) is 18.2.